The number of carbonyl (C=O) groups excluding carboxylic acids is 1. The SMILES string of the molecule is Cn1ccc(NC(=O)Cc2coc(-c3ccccc3)n2)n1. The number of aryl methyl sites for hydroxylation is 1. The molecule has 2 heterocycles. The van der Waals surface area contributed by atoms with Gasteiger partial charge in [-0.3, -0.25) is 9.48 Å². The highest BCUT2D eigenvalue weighted by molar-refractivity contribution is 5.91. The molecule has 0 fully saturated rings. The third-order valence-corrected chi connectivity index (χ3v) is 2.90. The Hall–Kier alpha value is -2.89. The molecule has 6 heteroatoms. The Bertz CT molecular complexity index is 746. The molecule has 0 aliphatic rings. The molecule has 0 bridgehead atoms. The first-order chi connectivity index (χ1) is 10.2. The van der Waals surface area contributed by atoms with E-state index in [1.807, 2.05) is 30.3 Å². The van der Waals surface area contributed by atoms with Gasteiger partial charge in [0, 0.05) is 24.9 Å². The van der Waals surface area contributed by atoms with Gasteiger partial charge in [0.15, 0.2) is 5.82 Å². The van der Waals surface area contributed by atoms with Crippen LogP contribution in [0.2, 0.25) is 0 Å². The number of aromatic nitrogens is 3. The van der Waals surface area contributed by atoms with Gasteiger partial charge in [0.05, 0.1) is 12.1 Å². The van der Waals surface area contributed by atoms with Crippen molar-refractivity contribution in [2.75, 3.05) is 5.32 Å². The van der Waals surface area contributed by atoms with Crippen LogP contribution < -0.4 is 5.32 Å². The van der Waals surface area contributed by atoms with E-state index >= 15 is 0 Å². The van der Waals surface area contributed by atoms with Crippen LogP contribution in [-0.2, 0) is 18.3 Å². The summed E-state index contributed by atoms with van der Waals surface area (Å²) in [5.41, 5.74) is 1.47. The third kappa shape index (κ3) is 3.17. The lowest BCUT2D eigenvalue weighted by Gasteiger charge is -1.98. The number of benzene rings is 1. The van der Waals surface area contributed by atoms with Crippen LogP contribution in [0.5, 0.6) is 0 Å². The molecule has 0 atom stereocenters. The molecule has 0 spiro atoms. The van der Waals surface area contributed by atoms with Gasteiger partial charge in [-0.25, -0.2) is 4.98 Å². The highest BCUT2D eigenvalue weighted by atomic mass is 16.3. The predicted octanol–water partition coefficient (Wildman–Crippen LogP) is 2.26. The predicted molar refractivity (Wildman–Crippen MR) is 77.5 cm³/mol. The summed E-state index contributed by atoms with van der Waals surface area (Å²) in [5, 5.41) is 6.79. The fourth-order valence-electron chi connectivity index (χ4n) is 1.93. The van der Waals surface area contributed by atoms with Crippen molar-refractivity contribution >= 4 is 11.7 Å². The standard InChI is InChI=1S/C15H14N4O2/c1-19-8-7-13(18-19)17-14(20)9-12-10-21-15(16-12)11-5-3-2-4-6-11/h2-8,10H,9H2,1H3,(H,17,18,20). The summed E-state index contributed by atoms with van der Waals surface area (Å²) in [6.07, 6.45) is 3.41. The molecule has 1 N–H and O–H groups in total. The number of anilines is 1. The van der Waals surface area contributed by atoms with Crippen LogP contribution in [0.1, 0.15) is 5.69 Å². The monoisotopic (exact) mass is 282 g/mol. The smallest absolute Gasteiger partial charge is 0.231 e. The molecule has 0 unspecified atom stereocenters. The van der Waals surface area contributed by atoms with Crippen LogP contribution in [-0.4, -0.2) is 20.7 Å². The van der Waals surface area contributed by atoms with E-state index in [0.717, 1.165) is 5.56 Å². The fraction of sp³-hybridized carbons (Fsp3) is 0.133. The van der Waals surface area contributed by atoms with E-state index in [0.29, 0.717) is 17.4 Å². The second kappa shape index (κ2) is 5.62. The molecular formula is C15H14N4O2. The van der Waals surface area contributed by atoms with Crippen molar-refractivity contribution in [2.24, 2.45) is 7.05 Å². The molecule has 3 rings (SSSR count). The Morgan fingerprint density at radius 1 is 1.29 bits per heavy atom. The van der Waals surface area contributed by atoms with Gasteiger partial charge in [0.25, 0.3) is 0 Å². The molecule has 0 saturated carbocycles. The summed E-state index contributed by atoms with van der Waals surface area (Å²) in [4.78, 5) is 16.2. The van der Waals surface area contributed by atoms with Gasteiger partial charge in [0.1, 0.15) is 6.26 Å². The molecule has 3 aromatic rings. The zero-order valence-electron chi connectivity index (χ0n) is 11.5. The Kier molecular flexibility index (Phi) is 3.51. The summed E-state index contributed by atoms with van der Waals surface area (Å²) < 4.78 is 7.02. The highest BCUT2D eigenvalue weighted by Crippen LogP contribution is 2.18. The maximum absolute atomic E-state index is 11.9. The van der Waals surface area contributed by atoms with Crippen molar-refractivity contribution in [1.29, 1.82) is 0 Å². The molecular weight excluding hydrogens is 268 g/mol. The van der Waals surface area contributed by atoms with Gasteiger partial charge in [0.2, 0.25) is 11.8 Å². The largest absolute Gasteiger partial charge is 0.444 e. The van der Waals surface area contributed by atoms with E-state index in [1.54, 1.807) is 24.0 Å². The van der Waals surface area contributed by atoms with Gasteiger partial charge >= 0.3 is 0 Å². The van der Waals surface area contributed by atoms with Crippen molar-refractivity contribution in [2.45, 2.75) is 6.42 Å². The second-order valence-electron chi connectivity index (χ2n) is 4.61. The normalized spacial score (nSPS) is 10.5. The number of nitrogens with one attached hydrogen (secondary N) is 1. The number of oxazole rings is 1. The summed E-state index contributed by atoms with van der Waals surface area (Å²) in [7, 11) is 1.79. The summed E-state index contributed by atoms with van der Waals surface area (Å²) in [5.74, 6) is 0.854. The molecule has 21 heavy (non-hydrogen) atoms. The zero-order valence-corrected chi connectivity index (χ0v) is 11.5. The number of nitrogens with zero attached hydrogens (tertiary/aromatic N) is 3. The Balaban J connectivity index is 1.66. The van der Waals surface area contributed by atoms with Crippen molar-refractivity contribution < 1.29 is 9.21 Å². The first kappa shape index (κ1) is 13.1. The topological polar surface area (TPSA) is 73.0 Å². The maximum atomic E-state index is 11.9. The third-order valence-electron chi connectivity index (χ3n) is 2.90. The van der Waals surface area contributed by atoms with Gasteiger partial charge in [-0.05, 0) is 12.1 Å². The van der Waals surface area contributed by atoms with E-state index in [9.17, 15) is 4.79 Å². The van der Waals surface area contributed by atoms with Gasteiger partial charge in [-0.2, -0.15) is 5.10 Å². The summed E-state index contributed by atoms with van der Waals surface area (Å²) in [6, 6.07) is 11.3. The number of carbonyl (C=O) groups is 1. The molecule has 0 aliphatic heterocycles. The van der Waals surface area contributed by atoms with E-state index in [-0.39, 0.29) is 12.3 Å². The lowest BCUT2D eigenvalue weighted by molar-refractivity contribution is -0.115. The van der Waals surface area contributed by atoms with Gasteiger partial charge in [-0.1, -0.05) is 18.2 Å². The van der Waals surface area contributed by atoms with Crippen molar-refractivity contribution in [3.05, 3.63) is 54.6 Å². The number of rotatable bonds is 4. The Morgan fingerprint density at radius 2 is 2.10 bits per heavy atom. The van der Waals surface area contributed by atoms with E-state index in [1.165, 1.54) is 6.26 Å². The van der Waals surface area contributed by atoms with Crippen molar-refractivity contribution in [1.82, 2.24) is 14.8 Å². The van der Waals surface area contributed by atoms with Crippen molar-refractivity contribution in [3.8, 4) is 11.5 Å². The van der Waals surface area contributed by atoms with Crippen LogP contribution >= 0.6 is 0 Å². The van der Waals surface area contributed by atoms with Crippen molar-refractivity contribution in [3.63, 3.8) is 0 Å². The molecule has 1 amide bonds. The van der Waals surface area contributed by atoms with Gasteiger partial charge < -0.3 is 9.73 Å². The molecule has 1 aromatic carbocycles. The quantitative estimate of drug-likeness (QED) is 0.796. The highest BCUT2D eigenvalue weighted by Gasteiger charge is 2.11. The molecule has 106 valence electrons. The van der Waals surface area contributed by atoms with Gasteiger partial charge in [-0.15, -0.1) is 0 Å². The van der Waals surface area contributed by atoms with E-state index in [2.05, 4.69) is 15.4 Å². The zero-order chi connectivity index (χ0) is 14.7. The van der Waals surface area contributed by atoms with Crippen LogP contribution in [0.4, 0.5) is 5.82 Å². The number of hydrogen-bond donors (Lipinski definition) is 1. The van der Waals surface area contributed by atoms with Crippen LogP contribution in [0.3, 0.4) is 0 Å². The summed E-state index contributed by atoms with van der Waals surface area (Å²) >= 11 is 0. The number of hydrogen-bond acceptors (Lipinski definition) is 4. The molecule has 2 aromatic heterocycles. The van der Waals surface area contributed by atoms with E-state index in [4.69, 9.17) is 4.42 Å². The molecule has 6 nitrogen and oxygen atoms in total. The molecule has 0 saturated heterocycles. The number of amides is 1. The second-order valence-corrected chi connectivity index (χ2v) is 4.61. The first-order valence-electron chi connectivity index (χ1n) is 6.50. The average Bonchev–Trinajstić information content (AvgIpc) is 3.09. The Morgan fingerprint density at radius 3 is 2.81 bits per heavy atom. The Labute approximate surface area is 121 Å². The molecule has 0 aliphatic carbocycles. The maximum Gasteiger partial charge on any atom is 0.231 e. The average molecular weight is 282 g/mol. The van der Waals surface area contributed by atoms with Crippen LogP contribution in [0.25, 0.3) is 11.5 Å². The lowest BCUT2D eigenvalue weighted by atomic mass is 10.2. The van der Waals surface area contributed by atoms with E-state index < -0.39 is 0 Å². The minimum atomic E-state index is -0.179. The summed E-state index contributed by atoms with van der Waals surface area (Å²) in [6.45, 7) is 0. The molecule has 0 radical (unpaired) electrons. The van der Waals surface area contributed by atoms with Crippen LogP contribution in [0, 0.1) is 0 Å². The van der Waals surface area contributed by atoms with Crippen LogP contribution in [0.15, 0.2) is 53.3 Å². The fourth-order valence-corrected chi connectivity index (χ4v) is 1.93. The minimum Gasteiger partial charge on any atom is -0.444 e. The first-order valence-corrected chi connectivity index (χ1v) is 6.50. The minimum absolute atomic E-state index is 0.146. The lowest BCUT2D eigenvalue weighted by Crippen LogP contribution is -2.15.